The third-order valence-electron chi connectivity index (χ3n) is 1.91. The summed E-state index contributed by atoms with van der Waals surface area (Å²) < 4.78 is 14.3. The van der Waals surface area contributed by atoms with Gasteiger partial charge in [0.15, 0.2) is 4.34 Å². The third-order valence-corrected chi connectivity index (χ3v) is 4.26. The first-order valence-corrected chi connectivity index (χ1v) is 6.70. The van der Waals surface area contributed by atoms with E-state index in [1.165, 1.54) is 29.2 Å². The fraction of sp³-hybridized carbons (Fsp3) is 0.200. The molecule has 16 heavy (non-hydrogen) atoms. The highest BCUT2D eigenvalue weighted by molar-refractivity contribution is 8.00. The molecule has 0 unspecified atom stereocenters. The van der Waals surface area contributed by atoms with Crippen LogP contribution >= 0.6 is 34.7 Å². The van der Waals surface area contributed by atoms with E-state index in [0.29, 0.717) is 16.3 Å². The maximum absolute atomic E-state index is 13.4. The fourth-order valence-corrected chi connectivity index (χ4v) is 3.30. The van der Waals surface area contributed by atoms with E-state index in [-0.39, 0.29) is 5.82 Å². The second-order valence-electron chi connectivity index (χ2n) is 3.08. The van der Waals surface area contributed by atoms with Crippen LogP contribution in [0.4, 0.5) is 4.39 Å². The van der Waals surface area contributed by atoms with Gasteiger partial charge in [0.1, 0.15) is 10.8 Å². The second-order valence-corrected chi connectivity index (χ2v) is 5.89. The lowest BCUT2D eigenvalue weighted by molar-refractivity contribution is 0.617. The van der Waals surface area contributed by atoms with Crippen LogP contribution < -0.4 is 0 Å². The Bertz CT molecular complexity index is 481. The normalized spacial score (nSPS) is 10.7. The molecule has 1 heterocycles. The topological polar surface area (TPSA) is 25.8 Å². The van der Waals surface area contributed by atoms with Crippen LogP contribution in [-0.4, -0.2) is 10.2 Å². The summed E-state index contributed by atoms with van der Waals surface area (Å²) in [7, 11) is 0. The number of nitrogens with zero attached hydrogens (tertiary/aromatic N) is 2. The lowest BCUT2D eigenvalue weighted by Gasteiger charge is -2.03. The molecule has 0 aliphatic rings. The Morgan fingerprint density at radius 2 is 2.25 bits per heavy atom. The van der Waals surface area contributed by atoms with E-state index >= 15 is 0 Å². The van der Waals surface area contributed by atoms with E-state index in [2.05, 4.69) is 10.2 Å². The zero-order valence-electron chi connectivity index (χ0n) is 8.41. The number of hydrogen-bond donors (Lipinski definition) is 0. The summed E-state index contributed by atoms with van der Waals surface area (Å²) in [5.74, 6) is 0.196. The largest absolute Gasteiger partial charge is 0.207 e. The Labute approximate surface area is 106 Å². The van der Waals surface area contributed by atoms with Crippen molar-refractivity contribution >= 4 is 34.7 Å². The summed E-state index contributed by atoms with van der Waals surface area (Å²) in [6, 6.07) is 4.69. The molecule has 0 atom stereocenters. The number of hydrogen-bond acceptors (Lipinski definition) is 4. The summed E-state index contributed by atoms with van der Waals surface area (Å²) in [5, 5.41) is 9.21. The number of aromatic nitrogens is 2. The van der Waals surface area contributed by atoms with Gasteiger partial charge in [-0.2, -0.15) is 0 Å². The van der Waals surface area contributed by atoms with Crippen LogP contribution in [0, 0.1) is 12.7 Å². The Kier molecular flexibility index (Phi) is 3.78. The first-order valence-electron chi connectivity index (χ1n) is 4.52. The van der Waals surface area contributed by atoms with Crippen LogP contribution in [0.1, 0.15) is 10.6 Å². The Morgan fingerprint density at radius 1 is 1.44 bits per heavy atom. The summed E-state index contributed by atoms with van der Waals surface area (Å²) >= 11 is 8.85. The van der Waals surface area contributed by atoms with Crippen molar-refractivity contribution in [3.63, 3.8) is 0 Å². The van der Waals surface area contributed by atoms with Gasteiger partial charge in [-0.05, 0) is 19.1 Å². The SMILES string of the molecule is Cc1nnc(SCc2c(F)cccc2Cl)s1. The van der Waals surface area contributed by atoms with Gasteiger partial charge in [0.2, 0.25) is 0 Å². The van der Waals surface area contributed by atoms with E-state index in [1.807, 2.05) is 6.92 Å². The van der Waals surface area contributed by atoms with Gasteiger partial charge < -0.3 is 0 Å². The zero-order valence-corrected chi connectivity index (χ0v) is 10.8. The Morgan fingerprint density at radius 3 is 2.88 bits per heavy atom. The molecule has 2 nitrogen and oxygen atoms in total. The van der Waals surface area contributed by atoms with Gasteiger partial charge in [0, 0.05) is 16.3 Å². The molecule has 0 spiro atoms. The van der Waals surface area contributed by atoms with E-state index in [0.717, 1.165) is 9.35 Å². The van der Waals surface area contributed by atoms with Crippen molar-refractivity contribution in [3.8, 4) is 0 Å². The first-order chi connectivity index (χ1) is 7.66. The van der Waals surface area contributed by atoms with Crippen molar-refractivity contribution < 1.29 is 4.39 Å². The van der Waals surface area contributed by atoms with Gasteiger partial charge in [0.25, 0.3) is 0 Å². The van der Waals surface area contributed by atoms with E-state index < -0.39 is 0 Å². The molecule has 0 aliphatic heterocycles. The average Bonchev–Trinajstić information content (AvgIpc) is 2.63. The number of rotatable bonds is 3. The minimum Gasteiger partial charge on any atom is -0.207 e. The molecule has 0 N–H and O–H groups in total. The molecule has 0 saturated carbocycles. The molecule has 84 valence electrons. The fourth-order valence-electron chi connectivity index (χ4n) is 1.14. The van der Waals surface area contributed by atoms with Crippen LogP contribution in [-0.2, 0) is 5.75 Å². The van der Waals surface area contributed by atoms with Crippen LogP contribution in [0.2, 0.25) is 5.02 Å². The zero-order chi connectivity index (χ0) is 11.5. The molecule has 2 aromatic rings. The smallest absolute Gasteiger partial charge is 0.174 e. The molecule has 0 bridgehead atoms. The van der Waals surface area contributed by atoms with Crippen LogP contribution in [0.25, 0.3) is 0 Å². The number of benzene rings is 1. The summed E-state index contributed by atoms with van der Waals surface area (Å²) in [5.41, 5.74) is 0.516. The van der Waals surface area contributed by atoms with Crippen molar-refractivity contribution in [2.24, 2.45) is 0 Å². The Balaban J connectivity index is 2.10. The predicted octanol–water partition coefficient (Wildman–Crippen LogP) is 3.93. The Hall–Kier alpha value is -0.650. The van der Waals surface area contributed by atoms with Crippen molar-refractivity contribution in [2.75, 3.05) is 0 Å². The van der Waals surface area contributed by atoms with E-state index in [1.54, 1.807) is 12.1 Å². The lowest BCUT2D eigenvalue weighted by atomic mass is 10.2. The highest BCUT2D eigenvalue weighted by atomic mass is 35.5. The molecule has 1 aromatic carbocycles. The number of halogens is 2. The molecule has 0 amide bonds. The number of aryl methyl sites for hydroxylation is 1. The van der Waals surface area contributed by atoms with Crippen molar-refractivity contribution in [1.82, 2.24) is 10.2 Å². The molecule has 0 radical (unpaired) electrons. The molecule has 0 saturated heterocycles. The quantitative estimate of drug-likeness (QED) is 0.793. The minimum absolute atomic E-state index is 0.277. The van der Waals surface area contributed by atoms with E-state index in [9.17, 15) is 4.39 Å². The second kappa shape index (κ2) is 5.12. The van der Waals surface area contributed by atoms with Gasteiger partial charge in [-0.1, -0.05) is 40.8 Å². The monoisotopic (exact) mass is 274 g/mol. The highest BCUT2D eigenvalue weighted by Crippen LogP contribution is 2.29. The molecule has 1 aromatic heterocycles. The van der Waals surface area contributed by atoms with Gasteiger partial charge >= 0.3 is 0 Å². The van der Waals surface area contributed by atoms with Gasteiger partial charge in [0.05, 0.1) is 0 Å². The van der Waals surface area contributed by atoms with Gasteiger partial charge in [-0.3, -0.25) is 0 Å². The molecule has 2 rings (SSSR count). The minimum atomic E-state index is -0.277. The van der Waals surface area contributed by atoms with Gasteiger partial charge in [-0.15, -0.1) is 10.2 Å². The summed E-state index contributed by atoms with van der Waals surface area (Å²) in [6.45, 7) is 1.89. The molecular formula is C10H8ClFN2S2. The van der Waals surface area contributed by atoms with Crippen molar-refractivity contribution in [1.29, 1.82) is 0 Å². The first kappa shape index (κ1) is 11.8. The van der Waals surface area contributed by atoms with Crippen LogP contribution in [0.3, 0.4) is 0 Å². The molecule has 0 aliphatic carbocycles. The van der Waals surface area contributed by atoms with E-state index in [4.69, 9.17) is 11.6 Å². The summed E-state index contributed by atoms with van der Waals surface area (Å²) in [4.78, 5) is 0. The summed E-state index contributed by atoms with van der Waals surface area (Å²) in [6.07, 6.45) is 0. The van der Waals surface area contributed by atoms with Gasteiger partial charge in [-0.25, -0.2) is 4.39 Å². The highest BCUT2D eigenvalue weighted by Gasteiger charge is 2.09. The van der Waals surface area contributed by atoms with Crippen LogP contribution in [0.15, 0.2) is 22.5 Å². The molecule has 6 heteroatoms. The third kappa shape index (κ3) is 2.72. The number of thioether (sulfide) groups is 1. The maximum Gasteiger partial charge on any atom is 0.174 e. The average molecular weight is 275 g/mol. The predicted molar refractivity (Wildman–Crippen MR) is 65.6 cm³/mol. The van der Waals surface area contributed by atoms with Crippen molar-refractivity contribution in [2.45, 2.75) is 17.0 Å². The molecular weight excluding hydrogens is 267 g/mol. The van der Waals surface area contributed by atoms with Crippen molar-refractivity contribution in [3.05, 3.63) is 39.6 Å². The maximum atomic E-state index is 13.4. The lowest BCUT2D eigenvalue weighted by Crippen LogP contribution is -1.88. The standard InChI is InChI=1S/C10H8ClFN2S2/c1-6-13-14-10(16-6)15-5-7-8(11)3-2-4-9(7)12/h2-4H,5H2,1H3. The van der Waals surface area contributed by atoms with Crippen LogP contribution in [0.5, 0.6) is 0 Å². The molecule has 0 fully saturated rings.